The molecule has 2 nitrogen and oxygen atoms in total. The molecule has 0 spiro atoms. The highest BCUT2D eigenvalue weighted by atomic mass is 35.5. The normalized spacial score (nSPS) is 19.1. The zero-order chi connectivity index (χ0) is 12.8. The minimum Gasteiger partial charge on any atom is -0.496 e. The van der Waals surface area contributed by atoms with Gasteiger partial charge in [0, 0.05) is 11.4 Å². The Bertz CT molecular complexity index is 384. The van der Waals surface area contributed by atoms with Gasteiger partial charge in [0.1, 0.15) is 5.75 Å². The Hall–Kier alpha value is -0.380. The molecule has 18 heavy (non-hydrogen) atoms. The second kappa shape index (κ2) is 7.27. The molecule has 1 aliphatic heterocycles. The molecule has 0 amide bonds. The Morgan fingerprint density at radius 3 is 3.11 bits per heavy atom. The number of halogens is 1. The van der Waals surface area contributed by atoms with Gasteiger partial charge < -0.3 is 9.47 Å². The Morgan fingerprint density at radius 2 is 2.33 bits per heavy atom. The molecular formula is C14H19ClO2S. The number of alkyl halides is 1. The summed E-state index contributed by atoms with van der Waals surface area (Å²) < 4.78 is 11.1. The van der Waals surface area contributed by atoms with Crippen molar-refractivity contribution >= 4 is 23.4 Å². The van der Waals surface area contributed by atoms with Crippen LogP contribution in [0, 0.1) is 0 Å². The number of hydrogen-bond donors (Lipinski definition) is 0. The monoisotopic (exact) mass is 286 g/mol. The average Bonchev–Trinajstić information content (AvgIpc) is 2.61. The van der Waals surface area contributed by atoms with Gasteiger partial charge in [-0.05, 0) is 30.2 Å². The second-order valence-corrected chi connectivity index (χ2v) is 5.95. The topological polar surface area (TPSA) is 18.5 Å². The SMILES string of the molecule is COc1cccc2c1C(COCCCl)SCCC2. The van der Waals surface area contributed by atoms with E-state index in [1.165, 1.54) is 23.3 Å². The van der Waals surface area contributed by atoms with Crippen LogP contribution < -0.4 is 4.74 Å². The van der Waals surface area contributed by atoms with Crippen LogP contribution in [0.15, 0.2) is 18.2 Å². The fourth-order valence-electron chi connectivity index (χ4n) is 2.30. The molecule has 0 aromatic heterocycles. The zero-order valence-electron chi connectivity index (χ0n) is 10.7. The maximum Gasteiger partial charge on any atom is 0.123 e. The van der Waals surface area contributed by atoms with E-state index in [9.17, 15) is 0 Å². The number of methoxy groups -OCH3 is 1. The van der Waals surface area contributed by atoms with Crippen LogP contribution >= 0.6 is 23.4 Å². The summed E-state index contributed by atoms with van der Waals surface area (Å²) in [5.41, 5.74) is 2.72. The maximum absolute atomic E-state index is 5.65. The third-order valence-electron chi connectivity index (χ3n) is 3.10. The van der Waals surface area contributed by atoms with Crippen LogP contribution in [0.3, 0.4) is 0 Å². The van der Waals surface area contributed by atoms with Crippen LogP contribution in [0.1, 0.15) is 22.8 Å². The predicted octanol–water partition coefficient (Wildman–Crippen LogP) is 3.67. The minimum atomic E-state index is 0.363. The van der Waals surface area contributed by atoms with Gasteiger partial charge in [0.25, 0.3) is 0 Å². The molecule has 100 valence electrons. The molecule has 2 rings (SSSR count). The fraction of sp³-hybridized carbons (Fsp3) is 0.571. The predicted molar refractivity (Wildman–Crippen MR) is 78.1 cm³/mol. The smallest absolute Gasteiger partial charge is 0.123 e. The van der Waals surface area contributed by atoms with Crippen LogP contribution in [-0.2, 0) is 11.2 Å². The summed E-state index contributed by atoms with van der Waals surface area (Å²) in [7, 11) is 1.74. The number of benzene rings is 1. The summed E-state index contributed by atoms with van der Waals surface area (Å²) in [5.74, 6) is 2.71. The van der Waals surface area contributed by atoms with Crippen molar-refractivity contribution in [1.29, 1.82) is 0 Å². The molecule has 1 aromatic carbocycles. The van der Waals surface area contributed by atoms with Crippen LogP contribution in [-0.4, -0.2) is 32.0 Å². The number of thioether (sulfide) groups is 1. The molecule has 1 aliphatic rings. The second-order valence-electron chi connectivity index (χ2n) is 4.26. The zero-order valence-corrected chi connectivity index (χ0v) is 12.2. The number of ether oxygens (including phenoxy) is 2. The highest BCUT2D eigenvalue weighted by Gasteiger charge is 2.23. The van der Waals surface area contributed by atoms with Crippen LogP contribution in [0.4, 0.5) is 0 Å². The molecule has 0 radical (unpaired) electrons. The summed E-state index contributed by atoms with van der Waals surface area (Å²) in [6, 6.07) is 6.32. The van der Waals surface area contributed by atoms with E-state index in [0.29, 0.717) is 24.3 Å². The Kier molecular flexibility index (Phi) is 5.67. The number of rotatable bonds is 5. The minimum absolute atomic E-state index is 0.363. The summed E-state index contributed by atoms with van der Waals surface area (Å²) in [5, 5.41) is 0.363. The van der Waals surface area contributed by atoms with Crippen LogP contribution in [0.25, 0.3) is 0 Å². The number of aryl methyl sites for hydroxylation is 1. The molecule has 1 heterocycles. The van der Waals surface area contributed by atoms with Gasteiger partial charge in [-0.2, -0.15) is 11.8 Å². The van der Waals surface area contributed by atoms with Gasteiger partial charge in [0.05, 0.1) is 25.6 Å². The number of hydrogen-bond acceptors (Lipinski definition) is 3. The van der Waals surface area contributed by atoms with Gasteiger partial charge in [-0.25, -0.2) is 0 Å². The standard InChI is InChI=1S/C14H19ClO2S/c1-16-12-6-2-4-11-5-3-9-18-13(14(11)12)10-17-8-7-15/h2,4,6,13H,3,5,7-10H2,1H3. The van der Waals surface area contributed by atoms with Crippen molar-refractivity contribution in [3.8, 4) is 5.75 Å². The summed E-state index contributed by atoms with van der Waals surface area (Å²) >= 11 is 7.61. The number of fused-ring (bicyclic) bond motifs is 1. The molecule has 0 saturated heterocycles. The van der Waals surface area contributed by atoms with E-state index >= 15 is 0 Å². The fourth-order valence-corrected chi connectivity index (χ4v) is 3.63. The van der Waals surface area contributed by atoms with E-state index in [1.54, 1.807) is 7.11 Å². The molecule has 0 N–H and O–H groups in total. The van der Waals surface area contributed by atoms with Gasteiger partial charge in [-0.3, -0.25) is 0 Å². The van der Waals surface area contributed by atoms with Crippen molar-refractivity contribution in [1.82, 2.24) is 0 Å². The molecule has 0 saturated carbocycles. The molecule has 0 aliphatic carbocycles. The third-order valence-corrected chi connectivity index (χ3v) is 4.55. The lowest BCUT2D eigenvalue weighted by molar-refractivity contribution is 0.150. The lowest BCUT2D eigenvalue weighted by Gasteiger charge is -2.20. The van der Waals surface area contributed by atoms with E-state index < -0.39 is 0 Å². The van der Waals surface area contributed by atoms with Crippen molar-refractivity contribution < 1.29 is 9.47 Å². The first-order chi connectivity index (χ1) is 8.86. The largest absolute Gasteiger partial charge is 0.496 e. The molecule has 1 atom stereocenters. The first-order valence-corrected chi connectivity index (χ1v) is 7.86. The van der Waals surface area contributed by atoms with E-state index in [0.717, 1.165) is 12.2 Å². The quantitative estimate of drug-likeness (QED) is 0.608. The highest BCUT2D eigenvalue weighted by molar-refractivity contribution is 7.99. The molecule has 0 fully saturated rings. The average molecular weight is 287 g/mol. The van der Waals surface area contributed by atoms with Crippen molar-refractivity contribution in [3.63, 3.8) is 0 Å². The highest BCUT2D eigenvalue weighted by Crippen LogP contribution is 2.40. The molecule has 0 bridgehead atoms. The first kappa shape index (κ1) is 14.0. The van der Waals surface area contributed by atoms with Gasteiger partial charge >= 0.3 is 0 Å². The van der Waals surface area contributed by atoms with Gasteiger partial charge in [0.15, 0.2) is 0 Å². The van der Waals surface area contributed by atoms with Gasteiger partial charge in [-0.15, -0.1) is 11.6 Å². The lowest BCUT2D eigenvalue weighted by Crippen LogP contribution is -2.09. The summed E-state index contributed by atoms with van der Waals surface area (Å²) in [4.78, 5) is 0. The molecule has 1 unspecified atom stereocenters. The lowest BCUT2D eigenvalue weighted by atomic mass is 10.00. The van der Waals surface area contributed by atoms with Crippen molar-refractivity contribution in [2.75, 3.05) is 32.0 Å². The van der Waals surface area contributed by atoms with Crippen molar-refractivity contribution in [3.05, 3.63) is 29.3 Å². The Balaban J connectivity index is 2.21. The summed E-state index contributed by atoms with van der Waals surface area (Å²) in [6.45, 7) is 1.33. The van der Waals surface area contributed by atoms with Crippen molar-refractivity contribution in [2.24, 2.45) is 0 Å². The van der Waals surface area contributed by atoms with Gasteiger partial charge in [0.2, 0.25) is 0 Å². The molecular weight excluding hydrogens is 268 g/mol. The molecule has 1 aromatic rings. The third kappa shape index (κ3) is 3.34. The maximum atomic E-state index is 5.65. The van der Waals surface area contributed by atoms with E-state index in [4.69, 9.17) is 21.1 Å². The van der Waals surface area contributed by atoms with Gasteiger partial charge in [-0.1, -0.05) is 12.1 Å². The van der Waals surface area contributed by atoms with E-state index in [1.807, 2.05) is 17.8 Å². The molecule has 4 heteroatoms. The summed E-state index contributed by atoms with van der Waals surface area (Å²) in [6.07, 6.45) is 2.35. The van der Waals surface area contributed by atoms with Crippen LogP contribution in [0.2, 0.25) is 0 Å². The Labute approximate surface area is 118 Å². The van der Waals surface area contributed by atoms with Crippen LogP contribution in [0.5, 0.6) is 5.75 Å². The van der Waals surface area contributed by atoms with E-state index in [-0.39, 0.29) is 0 Å². The van der Waals surface area contributed by atoms with Crippen molar-refractivity contribution in [2.45, 2.75) is 18.1 Å². The van der Waals surface area contributed by atoms with E-state index in [2.05, 4.69) is 12.1 Å². The first-order valence-electron chi connectivity index (χ1n) is 6.28. The Morgan fingerprint density at radius 1 is 1.44 bits per heavy atom.